The van der Waals surface area contributed by atoms with Crippen LogP contribution in [0.15, 0.2) is 18.2 Å². The van der Waals surface area contributed by atoms with Gasteiger partial charge in [0.05, 0.1) is 5.92 Å². The van der Waals surface area contributed by atoms with E-state index < -0.39 is 11.9 Å². The van der Waals surface area contributed by atoms with Gasteiger partial charge >= 0.3 is 5.97 Å². The summed E-state index contributed by atoms with van der Waals surface area (Å²) in [6.45, 7) is 1.69. The lowest BCUT2D eigenvalue weighted by atomic mass is 9.92. The number of carboxylic acids is 1. The number of benzene rings is 1. The van der Waals surface area contributed by atoms with E-state index >= 15 is 0 Å². The van der Waals surface area contributed by atoms with Crippen molar-refractivity contribution in [3.8, 4) is 5.75 Å². The number of aryl methyl sites for hydroxylation is 2. The molecule has 0 heterocycles. The molecule has 22 heavy (non-hydrogen) atoms. The number of carbonyl (C=O) groups is 2. The lowest BCUT2D eigenvalue weighted by molar-refractivity contribution is -0.143. The van der Waals surface area contributed by atoms with Crippen LogP contribution in [0.5, 0.6) is 5.75 Å². The van der Waals surface area contributed by atoms with Crippen molar-refractivity contribution in [2.45, 2.75) is 32.6 Å². The Morgan fingerprint density at radius 3 is 2.64 bits per heavy atom. The zero-order valence-corrected chi connectivity index (χ0v) is 13.2. The van der Waals surface area contributed by atoms with Crippen molar-refractivity contribution in [1.29, 1.82) is 0 Å². The minimum Gasteiger partial charge on any atom is -0.484 e. The summed E-state index contributed by atoms with van der Waals surface area (Å²) in [5.74, 6) is -1.01. The van der Waals surface area contributed by atoms with Crippen molar-refractivity contribution in [2.75, 3.05) is 20.2 Å². The molecular weight excluding hydrogens is 282 g/mol. The fourth-order valence-electron chi connectivity index (χ4n) is 2.65. The molecule has 0 saturated heterocycles. The molecule has 120 valence electrons. The molecule has 1 unspecified atom stereocenters. The number of fused-ring (bicyclic) bond motifs is 1. The number of likely N-dealkylation sites (N-methyl/N-ethyl adjacent to an activating group) is 1. The Labute approximate surface area is 130 Å². The Morgan fingerprint density at radius 2 is 1.95 bits per heavy atom. The molecule has 1 aliphatic rings. The van der Waals surface area contributed by atoms with Crippen LogP contribution in [-0.2, 0) is 22.4 Å². The topological polar surface area (TPSA) is 66.8 Å². The molecule has 0 radical (unpaired) electrons. The molecule has 2 rings (SSSR count). The van der Waals surface area contributed by atoms with Crippen molar-refractivity contribution in [3.63, 3.8) is 0 Å². The highest BCUT2D eigenvalue weighted by molar-refractivity contribution is 5.78. The Balaban J connectivity index is 1.87. The third-order valence-corrected chi connectivity index (χ3v) is 4.08. The minimum absolute atomic E-state index is 0.0678. The highest BCUT2D eigenvalue weighted by atomic mass is 16.5. The number of nitrogens with zero attached hydrogens (tertiary/aromatic N) is 1. The second-order valence-electron chi connectivity index (χ2n) is 5.94. The summed E-state index contributed by atoms with van der Waals surface area (Å²) in [4.78, 5) is 24.2. The van der Waals surface area contributed by atoms with Gasteiger partial charge in [0.1, 0.15) is 5.75 Å². The lowest BCUT2D eigenvalue weighted by Gasteiger charge is -2.20. The fraction of sp³-hybridized carbons (Fsp3) is 0.529. The smallest absolute Gasteiger partial charge is 0.308 e. The van der Waals surface area contributed by atoms with Crippen molar-refractivity contribution in [3.05, 3.63) is 29.3 Å². The van der Waals surface area contributed by atoms with Gasteiger partial charge < -0.3 is 14.7 Å². The molecule has 0 bridgehead atoms. The van der Waals surface area contributed by atoms with Crippen LogP contribution in [0.3, 0.4) is 0 Å². The van der Waals surface area contributed by atoms with Gasteiger partial charge in [-0.1, -0.05) is 13.0 Å². The quantitative estimate of drug-likeness (QED) is 0.874. The lowest BCUT2D eigenvalue weighted by Crippen LogP contribution is -2.36. The van der Waals surface area contributed by atoms with Crippen LogP contribution < -0.4 is 4.74 Å². The molecule has 0 fully saturated rings. The van der Waals surface area contributed by atoms with Crippen LogP contribution in [-0.4, -0.2) is 42.1 Å². The maximum atomic E-state index is 12.0. The van der Waals surface area contributed by atoms with Crippen molar-refractivity contribution >= 4 is 11.9 Å². The van der Waals surface area contributed by atoms with E-state index in [0.29, 0.717) is 5.75 Å². The summed E-state index contributed by atoms with van der Waals surface area (Å²) in [5.41, 5.74) is 2.68. The van der Waals surface area contributed by atoms with Gasteiger partial charge in [0.25, 0.3) is 5.91 Å². The summed E-state index contributed by atoms with van der Waals surface area (Å²) >= 11 is 0. The zero-order valence-electron chi connectivity index (χ0n) is 13.2. The van der Waals surface area contributed by atoms with E-state index in [4.69, 9.17) is 9.84 Å². The summed E-state index contributed by atoms with van der Waals surface area (Å²) in [5, 5.41) is 8.86. The average molecular weight is 305 g/mol. The standard InChI is InChI=1S/C17H23NO4/c1-12(17(20)21)10-18(2)16(19)11-22-15-8-7-13-5-3-4-6-14(13)9-15/h7-9,12H,3-6,10-11H2,1-2H3,(H,20,21). The zero-order chi connectivity index (χ0) is 16.1. The van der Waals surface area contributed by atoms with E-state index in [1.807, 2.05) is 12.1 Å². The summed E-state index contributed by atoms with van der Waals surface area (Å²) in [7, 11) is 1.60. The van der Waals surface area contributed by atoms with E-state index in [1.165, 1.54) is 28.9 Å². The minimum atomic E-state index is -0.907. The molecule has 5 heteroatoms. The number of aliphatic carboxylic acids is 1. The van der Waals surface area contributed by atoms with Crippen LogP contribution in [0.2, 0.25) is 0 Å². The predicted octanol–water partition coefficient (Wildman–Crippen LogP) is 2.12. The summed E-state index contributed by atoms with van der Waals surface area (Å²) in [6.07, 6.45) is 4.62. The van der Waals surface area contributed by atoms with Crippen LogP contribution in [0.1, 0.15) is 30.9 Å². The van der Waals surface area contributed by atoms with Crippen molar-refractivity contribution in [2.24, 2.45) is 5.92 Å². The number of amides is 1. The first-order valence-electron chi connectivity index (χ1n) is 7.68. The predicted molar refractivity (Wildman–Crippen MR) is 83.0 cm³/mol. The van der Waals surface area contributed by atoms with E-state index in [-0.39, 0.29) is 19.1 Å². The van der Waals surface area contributed by atoms with Gasteiger partial charge in [-0.3, -0.25) is 9.59 Å². The summed E-state index contributed by atoms with van der Waals surface area (Å²) < 4.78 is 5.56. The van der Waals surface area contributed by atoms with Crippen LogP contribution >= 0.6 is 0 Å². The average Bonchev–Trinajstić information content (AvgIpc) is 2.52. The first-order chi connectivity index (χ1) is 10.5. The van der Waals surface area contributed by atoms with E-state index in [0.717, 1.165) is 12.8 Å². The molecule has 0 aliphatic heterocycles. The van der Waals surface area contributed by atoms with Crippen molar-refractivity contribution in [1.82, 2.24) is 4.90 Å². The molecule has 1 aromatic rings. The highest BCUT2D eigenvalue weighted by Gasteiger charge is 2.18. The Hall–Kier alpha value is -2.04. The monoisotopic (exact) mass is 305 g/mol. The molecule has 1 aliphatic carbocycles. The molecule has 1 N–H and O–H groups in total. The normalized spacial score (nSPS) is 14.8. The first-order valence-corrected chi connectivity index (χ1v) is 7.68. The van der Waals surface area contributed by atoms with E-state index in [9.17, 15) is 9.59 Å². The molecule has 5 nitrogen and oxygen atoms in total. The number of carboxylic acid groups (broad SMARTS) is 1. The maximum absolute atomic E-state index is 12.0. The molecule has 1 aromatic carbocycles. The number of ether oxygens (including phenoxy) is 1. The molecule has 0 spiro atoms. The summed E-state index contributed by atoms with van der Waals surface area (Å²) in [6, 6.07) is 5.99. The third kappa shape index (κ3) is 4.23. The van der Waals surface area contributed by atoms with Gasteiger partial charge in [-0.2, -0.15) is 0 Å². The van der Waals surface area contributed by atoms with Crippen LogP contribution in [0.4, 0.5) is 0 Å². The molecule has 0 saturated carbocycles. The van der Waals surface area contributed by atoms with Crippen molar-refractivity contribution < 1.29 is 19.4 Å². The van der Waals surface area contributed by atoms with Gasteiger partial charge in [0.15, 0.2) is 6.61 Å². The second-order valence-corrected chi connectivity index (χ2v) is 5.94. The van der Waals surface area contributed by atoms with Gasteiger partial charge in [-0.25, -0.2) is 0 Å². The highest BCUT2D eigenvalue weighted by Crippen LogP contribution is 2.25. The molecule has 1 atom stereocenters. The molecule has 0 aromatic heterocycles. The van der Waals surface area contributed by atoms with Crippen LogP contribution in [0.25, 0.3) is 0 Å². The van der Waals surface area contributed by atoms with Crippen LogP contribution in [0, 0.1) is 5.92 Å². The largest absolute Gasteiger partial charge is 0.484 e. The number of carbonyl (C=O) groups excluding carboxylic acids is 1. The van der Waals surface area contributed by atoms with Gasteiger partial charge in [0, 0.05) is 13.6 Å². The van der Waals surface area contributed by atoms with E-state index in [1.54, 1.807) is 14.0 Å². The maximum Gasteiger partial charge on any atom is 0.308 e. The number of hydrogen-bond acceptors (Lipinski definition) is 3. The Kier molecular flexibility index (Phi) is 5.41. The number of hydrogen-bond donors (Lipinski definition) is 1. The first kappa shape index (κ1) is 16.3. The van der Waals surface area contributed by atoms with Gasteiger partial charge in [-0.15, -0.1) is 0 Å². The SMILES string of the molecule is CC(CN(C)C(=O)COc1ccc2c(c1)CCCC2)C(=O)O. The van der Waals surface area contributed by atoms with Gasteiger partial charge in [0.2, 0.25) is 0 Å². The van der Waals surface area contributed by atoms with Gasteiger partial charge in [-0.05, 0) is 48.9 Å². The van der Waals surface area contributed by atoms with E-state index in [2.05, 4.69) is 6.07 Å². The Morgan fingerprint density at radius 1 is 1.27 bits per heavy atom. The number of rotatable bonds is 6. The molecule has 1 amide bonds. The Bertz CT molecular complexity index is 556. The molecular formula is C17H23NO4. The third-order valence-electron chi connectivity index (χ3n) is 4.08. The fourth-order valence-corrected chi connectivity index (χ4v) is 2.65. The second kappa shape index (κ2) is 7.29.